The van der Waals surface area contributed by atoms with Crippen molar-refractivity contribution in [1.82, 2.24) is 10.2 Å². The highest BCUT2D eigenvalue weighted by molar-refractivity contribution is 5.81. The van der Waals surface area contributed by atoms with Crippen LogP contribution in [-0.2, 0) is 14.3 Å². The highest BCUT2D eigenvalue weighted by Gasteiger charge is 2.31. The van der Waals surface area contributed by atoms with Crippen molar-refractivity contribution in [3.8, 4) is 0 Å². The van der Waals surface area contributed by atoms with Crippen LogP contribution in [0.15, 0.2) is 0 Å². The summed E-state index contributed by atoms with van der Waals surface area (Å²) >= 11 is 0. The van der Waals surface area contributed by atoms with Gasteiger partial charge in [0.1, 0.15) is 0 Å². The molecule has 1 fully saturated rings. The Labute approximate surface area is 121 Å². The van der Waals surface area contributed by atoms with E-state index in [1.165, 1.54) is 0 Å². The van der Waals surface area contributed by atoms with E-state index in [2.05, 4.69) is 5.32 Å². The van der Waals surface area contributed by atoms with Crippen molar-refractivity contribution in [2.75, 3.05) is 33.3 Å². The molecule has 0 bridgehead atoms. The molecule has 0 spiro atoms. The average molecular weight is 285 g/mol. The van der Waals surface area contributed by atoms with Gasteiger partial charge < -0.3 is 20.7 Å². The Balaban J connectivity index is 2.51. The first-order valence-corrected chi connectivity index (χ1v) is 7.20. The van der Waals surface area contributed by atoms with Crippen LogP contribution in [0.4, 0.5) is 0 Å². The molecule has 1 rings (SSSR count). The summed E-state index contributed by atoms with van der Waals surface area (Å²) in [5, 5.41) is 2.79. The number of hydrogen-bond acceptors (Lipinski definition) is 4. The summed E-state index contributed by atoms with van der Waals surface area (Å²) in [6.07, 6.45) is 2.02. The van der Waals surface area contributed by atoms with Gasteiger partial charge in [0, 0.05) is 33.3 Å². The van der Waals surface area contributed by atoms with E-state index in [0.29, 0.717) is 26.1 Å². The number of ether oxygens (including phenoxy) is 1. The zero-order chi connectivity index (χ0) is 15.2. The van der Waals surface area contributed by atoms with Crippen molar-refractivity contribution in [1.29, 1.82) is 0 Å². The van der Waals surface area contributed by atoms with E-state index < -0.39 is 5.60 Å². The Kier molecular flexibility index (Phi) is 6.42. The van der Waals surface area contributed by atoms with E-state index in [-0.39, 0.29) is 17.7 Å². The number of hydrogen-bond donors (Lipinski definition) is 2. The number of nitrogens with zero attached hydrogens (tertiary/aromatic N) is 1. The van der Waals surface area contributed by atoms with Gasteiger partial charge in [-0.3, -0.25) is 9.59 Å². The number of carbonyl (C=O) groups is 2. The van der Waals surface area contributed by atoms with Gasteiger partial charge in [-0.05, 0) is 26.7 Å². The van der Waals surface area contributed by atoms with Crippen LogP contribution in [0.5, 0.6) is 0 Å². The third-order valence-corrected chi connectivity index (χ3v) is 3.72. The molecule has 2 amide bonds. The number of piperidine rings is 1. The van der Waals surface area contributed by atoms with Gasteiger partial charge >= 0.3 is 0 Å². The molecular weight excluding hydrogens is 258 g/mol. The lowest BCUT2D eigenvalue weighted by molar-refractivity contribution is -0.140. The van der Waals surface area contributed by atoms with E-state index in [1.54, 1.807) is 12.0 Å². The molecular formula is C14H27N3O3. The predicted octanol–water partition coefficient (Wildman–Crippen LogP) is 0.115. The van der Waals surface area contributed by atoms with Crippen LogP contribution in [0, 0.1) is 5.92 Å². The summed E-state index contributed by atoms with van der Waals surface area (Å²) in [4.78, 5) is 26.0. The van der Waals surface area contributed by atoms with Crippen molar-refractivity contribution in [3.63, 3.8) is 0 Å². The standard InChI is InChI=1S/C14H27N3O3/c1-14(2,20-3)9-12(18)17-8-4-5-11(10-17)13(19)16-7-6-15/h11H,4-10,15H2,1-3H3,(H,16,19). The van der Waals surface area contributed by atoms with E-state index in [0.717, 1.165) is 19.4 Å². The molecule has 0 aromatic rings. The number of carbonyl (C=O) groups excluding carboxylic acids is 2. The predicted molar refractivity (Wildman–Crippen MR) is 77.1 cm³/mol. The number of amides is 2. The minimum atomic E-state index is -0.466. The number of likely N-dealkylation sites (tertiary alicyclic amines) is 1. The summed E-state index contributed by atoms with van der Waals surface area (Å²) in [6.45, 7) is 5.91. The summed E-state index contributed by atoms with van der Waals surface area (Å²) in [5.41, 5.74) is 4.91. The Morgan fingerprint density at radius 1 is 1.45 bits per heavy atom. The molecule has 1 heterocycles. The molecule has 0 saturated carbocycles. The molecule has 20 heavy (non-hydrogen) atoms. The Bertz CT molecular complexity index is 345. The van der Waals surface area contributed by atoms with Gasteiger partial charge in [0.15, 0.2) is 0 Å². The van der Waals surface area contributed by atoms with Gasteiger partial charge in [0.2, 0.25) is 11.8 Å². The van der Waals surface area contributed by atoms with Gasteiger partial charge in [-0.1, -0.05) is 0 Å². The van der Waals surface area contributed by atoms with Crippen LogP contribution < -0.4 is 11.1 Å². The maximum absolute atomic E-state index is 12.2. The molecule has 0 aromatic carbocycles. The molecule has 1 unspecified atom stereocenters. The molecule has 1 aliphatic heterocycles. The molecule has 1 atom stereocenters. The second-order valence-electron chi connectivity index (χ2n) is 5.90. The normalized spacial score (nSPS) is 19.8. The summed E-state index contributed by atoms with van der Waals surface area (Å²) in [7, 11) is 1.60. The van der Waals surface area contributed by atoms with Crippen LogP contribution in [-0.4, -0.2) is 55.6 Å². The maximum atomic E-state index is 12.2. The smallest absolute Gasteiger partial charge is 0.225 e. The zero-order valence-corrected chi connectivity index (χ0v) is 12.8. The minimum Gasteiger partial charge on any atom is -0.378 e. The van der Waals surface area contributed by atoms with Gasteiger partial charge in [-0.25, -0.2) is 0 Å². The monoisotopic (exact) mass is 285 g/mol. The van der Waals surface area contributed by atoms with Crippen molar-refractivity contribution < 1.29 is 14.3 Å². The van der Waals surface area contributed by atoms with Crippen molar-refractivity contribution in [3.05, 3.63) is 0 Å². The van der Waals surface area contributed by atoms with Gasteiger partial charge in [-0.2, -0.15) is 0 Å². The molecule has 0 aliphatic carbocycles. The number of nitrogens with one attached hydrogen (secondary N) is 1. The van der Waals surface area contributed by atoms with Crippen molar-refractivity contribution in [2.24, 2.45) is 11.7 Å². The van der Waals surface area contributed by atoms with E-state index >= 15 is 0 Å². The maximum Gasteiger partial charge on any atom is 0.225 e. The fraction of sp³-hybridized carbons (Fsp3) is 0.857. The molecule has 0 aromatic heterocycles. The third-order valence-electron chi connectivity index (χ3n) is 3.72. The van der Waals surface area contributed by atoms with Crippen LogP contribution in [0.3, 0.4) is 0 Å². The van der Waals surface area contributed by atoms with Crippen molar-refractivity contribution >= 4 is 11.8 Å². The first-order valence-electron chi connectivity index (χ1n) is 7.20. The number of nitrogens with two attached hydrogens (primary N) is 1. The number of methoxy groups -OCH3 is 1. The van der Waals surface area contributed by atoms with Gasteiger partial charge in [-0.15, -0.1) is 0 Å². The lowest BCUT2D eigenvalue weighted by Gasteiger charge is -2.34. The molecule has 6 heteroatoms. The quantitative estimate of drug-likeness (QED) is 0.725. The fourth-order valence-corrected chi connectivity index (χ4v) is 2.31. The van der Waals surface area contributed by atoms with Crippen LogP contribution in [0.2, 0.25) is 0 Å². The second kappa shape index (κ2) is 7.59. The summed E-state index contributed by atoms with van der Waals surface area (Å²) < 4.78 is 5.29. The lowest BCUT2D eigenvalue weighted by Crippen LogP contribution is -2.47. The molecule has 3 N–H and O–H groups in total. The first kappa shape index (κ1) is 16.9. The molecule has 0 radical (unpaired) electrons. The second-order valence-corrected chi connectivity index (χ2v) is 5.90. The van der Waals surface area contributed by atoms with Crippen LogP contribution in [0.25, 0.3) is 0 Å². The summed E-state index contributed by atoms with van der Waals surface area (Å²) in [5.74, 6) is -0.0722. The highest BCUT2D eigenvalue weighted by atomic mass is 16.5. The SMILES string of the molecule is COC(C)(C)CC(=O)N1CCCC(C(=O)NCCN)C1. The molecule has 116 valence electrons. The molecule has 1 aliphatic rings. The average Bonchev–Trinajstić information content (AvgIpc) is 2.44. The summed E-state index contributed by atoms with van der Waals surface area (Å²) in [6, 6.07) is 0. The van der Waals surface area contributed by atoms with Crippen LogP contribution in [0.1, 0.15) is 33.1 Å². The Hall–Kier alpha value is -1.14. The molecule has 1 saturated heterocycles. The molecule has 6 nitrogen and oxygen atoms in total. The van der Waals surface area contributed by atoms with Gasteiger partial charge in [0.05, 0.1) is 17.9 Å². The Morgan fingerprint density at radius 2 is 2.15 bits per heavy atom. The van der Waals surface area contributed by atoms with Gasteiger partial charge in [0.25, 0.3) is 0 Å². The minimum absolute atomic E-state index is 0.000971. The fourth-order valence-electron chi connectivity index (χ4n) is 2.31. The van der Waals surface area contributed by atoms with E-state index in [4.69, 9.17) is 10.5 Å². The lowest BCUT2D eigenvalue weighted by atomic mass is 9.95. The first-order chi connectivity index (χ1) is 9.39. The topological polar surface area (TPSA) is 84.7 Å². The largest absolute Gasteiger partial charge is 0.378 e. The van der Waals surface area contributed by atoms with Crippen LogP contribution >= 0.6 is 0 Å². The van der Waals surface area contributed by atoms with E-state index in [9.17, 15) is 9.59 Å². The zero-order valence-electron chi connectivity index (χ0n) is 12.8. The number of rotatable bonds is 6. The highest BCUT2D eigenvalue weighted by Crippen LogP contribution is 2.20. The van der Waals surface area contributed by atoms with E-state index in [1.807, 2.05) is 13.8 Å². The third kappa shape index (κ3) is 5.09. The van der Waals surface area contributed by atoms with Crippen molar-refractivity contribution in [2.45, 2.75) is 38.7 Å². The Morgan fingerprint density at radius 3 is 2.75 bits per heavy atom.